The summed E-state index contributed by atoms with van der Waals surface area (Å²) in [5.74, 6) is -2.66. The first kappa shape index (κ1) is 14.5. The average molecular weight is 280 g/mol. The Kier molecular flexibility index (Phi) is 4.74. The SMILES string of the molecule is CCNC(Cc1ccncc1)c1c(F)cc(F)cc1F. The van der Waals surface area contributed by atoms with Gasteiger partial charge in [-0.25, -0.2) is 13.2 Å². The van der Waals surface area contributed by atoms with Crippen LogP contribution in [0.1, 0.15) is 24.1 Å². The second kappa shape index (κ2) is 6.52. The van der Waals surface area contributed by atoms with Gasteiger partial charge in [-0.05, 0) is 30.7 Å². The number of aromatic nitrogens is 1. The third kappa shape index (κ3) is 3.36. The summed E-state index contributed by atoms with van der Waals surface area (Å²) in [7, 11) is 0. The lowest BCUT2D eigenvalue weighted by Gasteiger charge is -2.19. The van der Waals surface area contributed by atoms with Crippen molar-refractivity contribution < 1.29 is 13.2 Å². The van der Waals surface area contributed by atoms with Gasteiger partial charge in [0.2, 0.25) is 0 Å². The fraction of sp³-hybridized carbons (Fsp3) is 0.267. The zero-order valence-corrected chi connectivity index (χ0v) is 11.0. The summed E-state index contributed by atoms with van der Waals surface area (Å²) in [6.45, 7) is 2.39. The summed E-state index contributed by atoms with van der Waals surface area (Å²) < 4.78 is 40.7. The molecule has 0 radical (unpaired) electrons. The number of pyridine rings is 1. The van der Waals surface area contributed by atoms with E-state index in [1.807, 2.05) is 6.92 Å². The molecule has 2 aromatic rings. The molecule has 0 amide bonds. The molecule has 0 aliphatic heterocycles. The second-order valence-electron chi connectivity index (χ2n) is 4.45. The number of nitrogens with zero attached hydrogens (tertiary/aromatic N) is 1. The highest BCUT2D eigenvalue weighted by Crippen LogP contribution is 2.25. The molecule has 1 aromatic heterocycles. The van der Waals surface area contributed by atoms with E-state index in [2.05, 4.69) is 10.3 Å². The Morgan fingerprint density at radius 3 is 2.25 bits per heavy atom. The highest BCUT2D eigenvalue weighted by molar-refractivity contribution is 5.26. The molecule has 106 valence electrons. The summed E-state index contributed by atoms with van der Waals surface area (Å²) in [5, 5.41) is 3.03. The number of halogens is 3. The third-order valence-electron chi connectivity index (χ3n) is 3.03. The lowest BCUT2D eigenvalue weighted by Crippen LogP contribution is -2.25. The predicted molar refractivity (Wildman–Crippen MR) is 70.7 cm³/mol. The number of rotatable bonds is 5. The molecule has 5 heteroatoms. The molecule has 1 aromatic carbocycles. The van der Waals surface area contributed by atoms with Gasteiger partial charge in [0.1, 0.15) is 17.5 Å². The molecule has 0 aliphatic carbocycles. The molecule has 0 saturated carbocycles. The highest BCUT2D eigenvalue weighted by atomic mass is 19.1. The van der Waals surface area contributed by atoms with Crippen LogP contribution in [0.4, 0.5) is 13.2 Å². The van der Waals surface area contributed by atoms with Crippen molar-refractivity contribution in [3.63, 3.8) is 0 Å². The topological polar surface area (TPSA) is 24.9 Å². The van der Waals surface area contributed by atoms with E-state index in [0.717, 1.165) is 5.56 Å². The standard InChI is InChI=1S/C15H15F3N2/c1-2-20-14(7-10-3-5-19-6-4-10)15-12(17)8-11(16)9-13(15)18/h3-6,8-9,14,20H,2,7H2,1H3. The lowest BCUT2D eigenvalue weighted by molar-refractivity contribution is 0.462. The van der Waals surface area contributed by atoms with Gasteiger partial charge >= 0.3 is 0 Å². The van der Waals surface area contributed by atoms with Crippen molar-refractivity contribution in [3.8, 4) is 0 Å². The monoisotopic (exact) mass is 280 g/mol. The molecule has 2 rings (SSSR count). The smallest absolute Gasteiger partial charge is 0.133 e. The Hall–Kier alpha value is -1.88. The molecule has 1 atom stereocenters. The molecule has 1 heterocycles. The van der Waals surface area contributed by atoms with Gasteiger partial charge in [0, 0.05) is 36.1 Å². The molecular formula is C15H15F3N2. The molecular weight excluding hydrogens is 265 g/mol. The third-order valence-corrected chi connectivity index (χ3v) is 3.03. The summed E-state index contributed by atoms with van der Waals surface area (Å²) in [6, 6.07) is 4.42. The van der Waals surface area contributed by atoms with E-state index in [9.17, 15) is 13.2 Å². The quantitative estimate of drug-likeness (QED) is 0.908. The summed E-state index contributed by atoms with van der Waals surface area (Å²) in [4.78, 5) is 3.90. The van der Waals surface area contributed by atoms with Crippen molar-refractivity contribution in [2.45, 2.75) is 19.4 Å². The molecule has 1 N–H and O–H groups in total. The van der Waals surface area contributed by atoms with Crippen LogP contribution in [0, 0.1) is 17.5 Å². The second-order valence-corrected chi connectivity index (χ2v) is 4.45. The minimum Gasteiger partial charge on any atom is -0.310 e. The van der Waals surface area contributed by atoms with Gasteiger partial charge in [0.15, 0.2) is 0 Å². The van der Waals surface area contributed by atoms with Crippen LogP contribution in [-0.4, -0.2) is 11.5 Å². The van der Waals surface area contributed by atoms with Crippen molar-refractivity contribution in [1.82, 2.24) is 10.3 Å². The zero-order valence-electron chi connectivity index (χ0n) is 11.0. The van der Waals surface area contributed by atoms with E-state index in [0.29, 0.717) is 25.1 Å². The lowest BCUT2D eigenvalue weighted by atomic mass is 9.98. The predicted octanol–water partition coefficient (Wildman–Crippen LogP) is 3.39. The first-order valence-electron chi connectivity index (χ1n) is 6.38. The summed E-state index contributed by atoms with van der Waals surface area (Å²) in [6.07, 6.45) is 3.64. The van der Waals surface area contributed by atoms with E-state index in [-0.39, 0.29) is 5.56 Å². The average Bonchev–Trinajstić information content (AvgIpc) is 2.39. The van der Waals surface area contributed by atoms with Crippen molar-refractivity contribution in [3.05, 3.63) is 65.2 Å². The van der Waals surface area contributed by atoms with Gasteiger partial charge in [-0.1, -0.05) is 6.92 Å². The first-order chi connectivity index (χ1) is 9.61. The Balaban J connectivity index is 2.34. The maximum absolute atomic E-state index is 13.9. The molecule has 2 nitrogen and oxygen atoms in total. The van der Waals surface area contributed by atoms with Gasteiger partial charge in [-0.15, -0.1) is 0 Å². The van der Waals surface area contributed by atoms with E-state index >= 15 is 0 Å². The largest absolute Gasteiger partial charge is 0.310 e. The minimum atomic E-state index is -0.914. The van der Waals surface area contributed by atoms with Crippen molar-refractivity contribution in [2.75, 3.05) is 6.54 Å². The highest BCUT2D eigenvalue weighted by Gasteiger charge is 2.21. The maximum atomic E-state index is 13.9. The molecule has 0 aliphatic rings. The molecule has 20 heavy (non-hydrogen) atoms. The normalized spacial score (nSPS) is 12.4. The number of nitrogens with one attached hydrogen (secondary N) is 1. The molecule has 0 spiro atoms. The zero-order chi connectivity index (χ0) is 14.5. The summed E-state index contributed by atoms with van der Waals surface area (Å²) >= 11 is 0. The van der Waals surface area contributed by atoms with Crippen molar-refractivity contribution in [2.24, 2.45) is 0 Å². The minimum absolute atomic E-state index is 0.134. The van der Waals surface area contributed by atoms with Crippen LogP contribution in [0.2, 0.25) is 0 Å². The number of benzene rings is 1. The first-order valence-corrected chi connectivity index (χ1v) is 6.38. The Morgan fingerprint density at radius 2 is 1.70 bits per heavy atom. The van der Waals surface area contributed by atoms with Crippen LogP contribution in [0.15, 0.2) is 36.7 Å². The van der Waals surface area contributed by atoms with Crippen LogP contribution in [0.5, 0.6) is 0 Å². The maximum Gasteiger partial charge on any atom is 0.133 e. The molecule has 0 fully saturated rings. The molecule has 0 bridgehead atoms. The van der Waals surface area contributed by atoms with E-state index in [4.69, 9.17) is 0 Å². The molecule has 0 saturated heterocycles. The van der Waals surface area contributed by atoms with Crippen LogP contribution in [0.25, 0.3) is 0 Å². The molecule has 1 unspecified atom stereocenters. The fourth-order valence-electron chi connectivity index (χ4n) is 2.16. The van der Waals surface area contributed by atoms with Crippen LogP contribution in [-0.2, 0) is 6.42 Å². The Labute approximate surface area is 115 Å². The van der Waals surface area contributed by atoms with Crippen LogP contribution < -0.4 is 5.32 Å². The number of hydrogen-bond acceptors (Lipinski definition) is 2. The van der Waals surface area contributed by atoms with Crippen LogP contribution in [0.3, 0.4) is 0 Å². The van der Waals surface area contributed by atoms with Gasteiger partial charge < -0.3 is 5.32 Å². The van der Waals surface area contributed by atoms with Crippen molar-refractivity contribution in [1.29, 1.82) is 0 Å². The van der Waals surface area contributed by atoms with Crippen LogP contribution >= 0.6 is 0 Å². The van der Waals surface area contributed by atoms with E-state index in [1.165, 1.54) is 0 Å². The van der Waals surface area contributed by atoms with E-state index in [1.54, 1.807) is 24.5 Å². The van der Waals surface area contributed by atoms with E-state index < -0.39 is 23.5 Å². The van der Waals surface area contributed by atoms with Crippen molar-refractivity contribution >= 4 is 0 Å². The van der Waals surface area contributed by atoms with Gasteiger partial charge in [0.05, 0.1) is 0 Å². The number of likely N-dealkylation sites (N-methyl/N-ethyl adjacent to an activating group) is 1. The Bertz CT molecular complexity index is 550. The van der Waals surface area contributed by atoms with Gasteiger partial charge in [0.25, 0.3) is 0 Å². The summed E-state index contributed by atoms with van der Waals surface area (Å²) in [5.41, 5.74) is 0.763. The fourth-order valence-corrected chi connectivity index (χ4v) is 2.16. The van der Waals surface area contributed by atoms with Gasteiger partial charge in [-0.3, -0.25) is 4.98 Å². The number of hydrogen-bond donors (Lipinski definition) is 1. The Morgan fingerprint density at radius 1 is 1.10 bits per heavy atom. The van der Waals surface area contributed by atoms with Gasteiger partial charge in [-0.2, -0.15) is 0 Å².